The van der Waals surface area contributed by atoms with E-state index in [1.807, 2.05) is 12.1 Å². The molecule has 0 atom stereocenters. The van der Waals surface area contributed by atoms with E-state index in [4.69, 9.17) is 18.9 Å². The number of hydrogen-bond donors (Lipinski definition) is 0. The number of ether oxygens (including phenoxy) is 4. The molecule has 7 heteroatoms. The second-order valence-corrected chi connectivity index (χ2v) is 11.7. The molecular formula is C41H47NO6. The molecule has 0 aromatic heterocycles. The first-order valence-electron chi connectivity index (χ1n) is 17.2. The van der Waals surface area contributed by atoms with Crippen LogP contribution in [0, 0.1) is 0 Å². The first-order valence-corrected chi connectivity index (χ1v) is 17.2. The Morgan fingerprint density at radius 2 is 0.896 bits per heavy atom. The average Bonchev–Trinajstić information content (AvgIpc) is 3.12. The lowest BCUT2D eigenvalue weighted by molar-refractivity contribution is 0.0725. The smallest absolute Gasteiger partial charge is 0.343 e. The lowest BCUT2D eigenvalue weighted by atomic mass is 10.1. The van der Waals surface area contributed by atoms with E-state index >= 15 is 0 Å². The predicted molar refractivity (Wildman–Crippen MR) is 191 cm³/mol. The van der Waals surface area contributed by atoms with Gasteiger partial charge in [0.2, 0.25) is 0 Å². The highest BCUT2D eigenvalue weighted by Crippen LogP contribution is 2.21. The highest BCUT2D eigenvalue weighted by atomic mass is 16.5. The maximum absolute atomic E-state index is 12.6. The molecule has 0 bridgehead atoms. The largest absolute Gasteiger partial charge is 0.494 e. The molecule has 0 aliphatic heterocycles. The van der Waals surface area contributed by atoms with Crippen molar-refractivity contribution in [3.8, 4) is 23.0 Å². The number of unbranched alkanes of at least 4 members (excludes halogenated alkanes) is 8. The molecule has 0 radical (unpaired) electrons. The lowest BCUT2D eigenvalue weighted by Crippen LogP contribution is -2.08. The predicted octanol–water partition coefficient (Wildman–Crippen LogP) is 10.6. The molecule has 4 aromatic carbocycles. The fourth-order valence-corrected chi connectivity index (χ4v) is 4.87. The van der Waals surface area contributed by atoms with Gasteiger partial charge in [-0.3, -0.25) is 4.99 Å². The van der Waals surface area contributed by atoms with Crippen molar-refractivity contribution in [3.63, 3.8) is 0 Å². The van der Waals surface area contributed by atoms with Crippen LogP contribution in [0.1, 0.15) is 104 Å². The van der Waals surface area contributed by atoms with Gasteiger partial charge in [0.15, 0.2) is 0 Å². The van der Waals surface area contributed by atoms with E-state index in [1.54, 1.807) is 91.1 Å². The Labute approximate surface area is 284 Å². The summed E-state index contributed by atoms with van der Waals surface area (Å²) in [5.41, 5.74) is 2.44. The number of rotatable bonds is 20. The number of esters is 2. The van der Waals surface area contributed by atoms with E-state index < -0.39 is 11.9 Å². The third kappa shape index (κ3) is 12.7. The van der Waals surface area contributed by atoms with Crippen LogP contribution in [0.25, 0.3) is 0 Å². The molecule has 252 valence electrons. The van der Waals surface area contributed by atoms with Crippen molar-refractivity contribution in [1.82, 2.24) is 0 Å². The zero-order valence-electron chi connectivity index (χ0n) is 28.2. The maximum Gasteiger partial charge on any atom is 0.343 e. The van der Waals surface area contributed by atoms with Crippen molar-refractivity contribution in [2.45, 2.75) is 78.1 Å². The van der Waals surface area contributed by atoms with Gasteiger partial charge < -0.3 is 18.9 Å². The number of carbonyl (C=O) groups is 2. The van der Waals surface area contributed by atoms with Gasteiger partial charge in [0.1, 0.15) is 23.0 Å². The zero-order valence-corrected chi connectivity index (χ0v) is 28.2. The molecule has 0 N–H and O–H groups in total. The number of benzene rings is 4. The summed E-state index contributed by atoms with van der Waals surface area (Å²) >= 11 is 0. The topological polar surface area (TPSA) is 83.4 Å². The normalized spacial score (nSPS) is 11.0. The fraction of sp³-hybridized carbons (Fsp3) is 0.341. The second kappa shape index (κ2) is 20.4. The van der Waals surface area contributed by atoms with Crippen molar-refractivity contribution in [2.75, 3.05) is 13.2 Å². The molecule has 0 unspecified atom stereocenters. The van der Waals surface area contributed by atoms with Crippen LogP contribution in [0.4, 0.5) is 5.69 Å². The Morgan fingerprint density at radius 1 is 0.500 bits per heavy atom. The Morgan fingerprint density at radius 3 is 1.38 bits per heavy atom. The molecule has 4 rings (SSSR count). The van der Waals surface area contributed by atoms with Gasteiger partial charge in [0.25, 0.3) is 0 Å². The molecule has 0 saturated heterocycles. The van der Waals surface area contributed by atoms with Crippen molar-refractivity contribution in [2.24, 2.45) is 4.99 Å². The summed E-state index contributed by atoms with van der Waals surface area (Å²) in [5.74, 6) is 1.49. The number of hydrogen-bond acceptors (Lipinski definition) is 7. The SMILES string of the molecule is CCCCCCCCOc1ccc(C(=O)Oc2ccc(N=Cc3ccc(OC(=O)c4ccc(OCCCCCC)cc4)cc3)cc2)cc1. The summed E-state index contributed by atoms with van der Waals surface area (Å²) in [6, 6.07) is 28.1. The second-order valence-electron chi connectivity index (χ2n) is 11.7. The van der Waals surface area contributed by atoms with Crippen molar-refractivity contribution in [3.05, 3.63) is 114 Å². The Balaban J connectivity index is 1.18. The van der Waals surface area contributed by atoms with Crippen LogP contribution in [0.15, 0.2) is 102 Å². The fourth-order valence-electron chi connectivity index (χ4n) is 4.87. The maximum atomic E-state index is 12.6. The van der Waals surface area contributed by atoms with Gasteiger partial charge in [-0.1, -0.05) is 65.2 Å². The van der Waals surface area contributed by atoms with Gasteiger partial charge in [-0.05, 0) is 115 Å². The van der Waals surface area contributed by atoms with Gasteiger partial charge in [0, 0.05) is 6.21 Å². The van der Waals surface area contributed by atoms with Crippen molar-refractivity contribution < 1.29 is 28.5 Å². The summed E-state index contributed by atoms with van der Waals surface area (Å²) in [5, 5.41) is 0. The van der Waals surface area contributed by atoms with Crippen LogP contribution in [-0.4, -0.2) is 31.4 Å². The standard InChI is InChI=1S/C41H47NO6/c1-3-5-7-9-10-12-30-46-37-25-17-34(18-26-37)41(44)48-39-27-19-35(20-28-39)42-31-32-13-21-38(22-14-32)47-40(43)33-15-23-36(24-16-33)45-29-11-8-6-4-2/h13-28,31H,3-12,29-30H2,1-2H3. The summed E-state index contributed by atoms with van der Waals surface area (Å²) < 4.78 is 22.6. The summed E-state index contributed by atoms with van der Waals surface area (Å²) in [6.45, 7) is 5.75. The van der Waals surface area contributed by atoms with E-state index in [1.165, 1.54) is 44.9 Å². The first kappa shape index (κ1) is 35.9. The minimum absolute atomic E-state index is 0.429. The molecular weight excluding hydrogens is 602 g/mol. The van der Waals surface area contributed by atoms with E-state index in [-0.39, 0.29) is 0 Å². The van der Waals surface area contributed by atoms with Crippen LogP contribution in [0.5, 0.6) is 23.0 Å². The minimum atomic E-state index is -0.436. The van der Waals surface area contributed by atoms with Gasteiger partial charge in [0.05, 0.1) is 30.0 Å². The molecule has 0 spiro atoms. The quantitative estimate of drug-likeness (QED) is 0.0410. The van der Waals surface area contributed by atoms with Crippen LogP contribution >= 0.6 is 0 Å². The summed E-state index contributed by atoms with van der Waals surface area (Å²) in [6.07, 6.45) is 13.6. The van der Waals surface area contributed by atoms with Crippen LogP contribution < -0.4 is 18.9 Å². The van der Waals surface area contributed by atoms with E-state index in [9.17, 15) is 9.59 Å². The third-order valence-corrected chi connectivity index (χ3v) is 7.71. The van der Waals surface area contributed by atoms with Gasteiger partial charge in [-0.2, -0.15) is 0 Å². The molecule has 7 nitrogen and oxygen atoms in total. The Kier molecular flexibility index (Phi) is 15.2. The zero-order chi connectivity index (χ0) is 33.8. The van der Waals surface area contributed by atoms with E-state index in [0.717, 1.165) is 36.3 Å². The van der Waals surface area contributed by atoms with Gasteiger partial charge in [-0.25, -0.2) is 9.59 Å². The highest BCUT2D eigenvalue weighted by Gasteiger charge is 2.10. The van der Waals surface area contributed by atoms with Crippen molar-refractivity contribution in [1.29, 1.82) is 0 Å². The Hall–Kier alpha value is -4.91. The van der Waals surface area contributed by atoms with Crippen molar-refractivity contribution >= 4 is 23.8 Å². The van der Waals surface area contributed by atoms with E-state index in [0.29, 0.717) is 41.5 Å². The molecule has 0 saturated carbocycles. The molecule has 4 aromatic rings. The lowest BCUT2D eigenvalue weighted by Gasteiger charge is -2.08. The first-order chi connectivity index (χ1) is 23.5. The summed E-state index contributed by atoms with van der Waals surface area (Å²) in [7, 11) is 0. The molecule has 0 aliphatic rings. The number of aliphatic imine (C=N–C) groups is 1. The van der Waals surface area contributed by atoms with E-state index in [2.05, 4.69) is 18.8 Å². The minimum Gasteiger partial charge on any atom is -0.494 e. The van der Waals surface area contributed by atoms with Crippen LogP contribution in [-0.2, 0) is 0 Å². The number of nitrogens with zero attached hydrogens (tertiary/aromatic N) is 1. The number of carbonyl (C=O) groups excluding carboxylic acids is 2. The van der Waals surface area contributed by atoms with Crippen LogP contribution in [0.2, 0.25) is 0 Å². The molecule has 0 amide bonds. The summed E-state index contributed by atoms with van der Waals surface area (Å²) in [4.78, 5) is 29.7. The van der Waals surface area contributed by atoms with Gasteiger partial charge in [-0.15, -0.1) is 0 Å². The third-order valence-electron chi connectivity index (χ3n) is 7.71. The Bertz CT molecular complexity index is 1550. The highest BCUT2D eigenvalue weighted by molar-refractivity contribution is 5.92. The van der Waals surface area contributed by atoms with Gasteiger partial charge >= 0.3 is 11.9 Å². The molecule has 0 fully saturated rings. The van der Waals surface area contributed by atoms with Crippen LogP contribution in [0.3, 0.4) is 0 Å². The molecule has 0 heterocycles. The molecule has 48 heavy (non-hydrogen) atoms. The average molecular weight is 650 g/mol. The monoisotopic (exact) mass is 649 g/mol. The molecule has 0 aliphatic carbocycles.